The molecule has 6 nitrogen and oxygen atoms in total. The molecular formula is C35H26Cl2N2O4. The first-order valence-electron chi connectivity index (χ1n) is 14.0. The molecule has 214 valence electrons. The predicted molar refractivity (Wildman–Crippen MR) is 165 cm³/mol. The van der Waals surface area contributed by atoms with Crippen LogP contribution in [0.5, 0.6) is 0 Å². The van der Waals surface area contributed by atoms with Crippen molar-refractivity contribution in [2.45, 2.75) is 32.1 Å². The van der Waals surface area contributed by atoms with Gasteiger partial charge < -0.3 is 0 Å². The maximum absolute atomic E-state index is 15.0. The van der Waals surface area contributed by atoms with E-state index in [-0.39, 0.29) is 6.42 Å². The first kappa shape index (κ1) is 27.6. The van der Waals surface area contributed by atoms with Crippen LogP contribution in [-0.2, 0) is 25.6 Å². The molecule has 0 radical (unpaired) electrons. The summed E-state index contributed by atoms with van der Waals surface area (Å²) in [4.78, 5) is 60.9. The van der Waals surface area contributed by atoms with Crippen molar-refractivity contribution >= 4 is 58.2 Å². The molecule has 0 spiro atoms. The highest BCUT2D eigenvalue weighted by atomic mass is 35.5. The van der Waals surface area contributed by atoms with E-state index in [1.54, 1.807) is 66.7 Å². The van der Waals surface area contributed by atoms with Crippen LogP contribution in [-0.4, -0.2) is 23.6 Å². The van der Waals surface area contributed by atoms with Crippen LogP contribution in [0.1, 0.15) is 39.7 Å². The normalized spacial score (nSPS) is 24.3. The number of hydrogen-bond acceptors (Lipinski definition) is 4. The molecule has 3 aliphatic rings. The van der Waals surface area contributed by atoms with Crippen molar-refractivity contribution in [3.63, 3.8) is 0 Å². The summed E-state index contributed by atoms with van der Waals surface area (Å²) in [7, 11) is 0. The highest BCUT2D eigenvalue weighted by molar-refractivity contribution is 6.33. The van der Waals surface area contributed by atoms with Crippen molar-refractivity contribution in [3.05, 3.63) is 129 Å². The fourth-order valence-electron chi connectivity index (χ4n) is 7.20. The Bertz CT molecular complexity index is 1840. The Morgan fingerprint density at radius 2 is 1.19 bits per heavy atom. The summed E-state index contributed by atoms with van der Waals surface area (Å²) in [5, 5.41) is 0.892. The minimum Gasteiger partial charge on any atom is -0.274 e. The molecule has 0 unspecified atom stereocenters. The lowest BCUT2D eigenvalue weighted by Gasteiger charge is -2.43. The zero-order chi connectivity index (χ0) is 30.2. The van der Waals surface area contributed by atoms with Gasteiger partial charge in [0.25, 0.3) is 0 Å². The van der Waals surface area contributed by atoms with Crippen LogP contribution in [0.3, 0.4) is 0 Å². The topological polar surface area (TPSA) is 74.8 Å². The van der Waals surface area contributed by atoms with Crippen molar-refractivity contribution in [1.82, 2.24) is 0 Å². The Morgan fingerprint density at radius 1 is 0.628 bits per heavy atom. The summed E-state index contributed by atoms with van der Waals surface area (Å²) < 4.78 is 0. The molecule has 0 N–H and O–H groups in total. The number of imide groups is 2. The number of rotatable bonds is 4. The van der Waals surface area contributed by atoms with Gasteiger partial charge in [0.15, 0.2) is 0 Å². The predicted octanol–water partition coefficient (Wildman–Crippen LogP) is 6.78. The molecular weight excluding hydrogens is 583 g/mol. The summed E-state index contributed by atoms with van der Waals surface area (Å²) in [5.74, 6) is -5.01. The maximum atomic E-state index is 15.0. The fraction of sp³-hybridized carbons (Fsp3) is 0.200. The second kappa shape index (κ2) is 9.90. The molecule has 4 aromatic rings. The van der Waals surface area contributed by atoms with E-state index in [9.17, 15) is 19.2 Å². The lowest BCUT2D eigenvalue weighted by Crippen LogP contribution is -2.51. The molecule has 2 saturated heterocycles. The number of carbonyl (C=O) groups excluding carboxylic acids is 4. The van der Waals surface area contributed by atoms with Gasteiger partial charge in [-0.15, -0.1) is 0 Å². The van der Waals surface area contributed by atoms with Gasteiger partial charge in [-0.3, -0.25) is 19.2 Å². The molecule has 7 rings (SSSR count). The number of amides is 4. The van der Waals surface area contributed by atoms with Crippen LogP contribution < -0.4 is 9.80 Å². The molecule has 4 aromatic carbocycles. The molecule has 0 bridgehead atoms. The van der Waals surface area contributed by atoms with Gasteiger partial charge in [-0.1, -0.05) is 76.8 Å². The zero-order valence-corrected chi connectivity index (χ0v) is 24.9. The number of halogens is 2. The van der Waals surface area contributed by atoms with E-state index in [4.69, 9.17) is 23.2 Å². The smallest absolute Gasteiger partial charge is 0.242 e. The molecule has 2 fully saturated rings. The molecule has 8 heteroatoms. The van der Waals surface area contributed by atoms with Gasteiger partial charge in [0.05, 0.1) is 34.5 Å². The largest absolute Gasteiger partial charge is 0.274 e. The zero-order valence-electron chi connectivity index (χ0n) is 23.4. The quantitative estimate of drug-likeness (QED) is 0.239. The number of benzene rings is 4. The second-order valence-electron chi connectivity index (χ2n) is 11.7. The van der Waals surface area contributed by atoms with Crippen LogP contribution in [0, 0.1) is 25.2 Å². The van der Waals surface area contributed by atoms with Gasteiger partial charge in [-0.2, -0.15) is 0 Å². The van der Waals surface area contributed by atoms with Gasteiger partial charge >= 0.3 is 0 Å². The molecule has 2 heterocycles. The molecule has 1 aliphatic carbocycles. The number of nitrogens with zero attached hydrogens (tertiary/aromatic N) is 2. The fourth-order valence-corrected chi connectivity index (χ4v) is 7.51. The van der Waals surface area contributed by atoms with E-state index < -0.39 is 46.8 Å². The second-order valence-corrected chi connectivity index (χ2v) is 12.5. The van der Waals surface area contributed by atoms with E-state index in [0.29, 0.717) is 32.5 Å². The maximum Gasteiger partial charge on any atom is 0.242 e. The van der Waals surface area contributed by atoms with Crippen molar-refractivity contribution in [3.8, 4) is 0 Å². The monoisotopic (exact) mass is 608 g/mol. The van der Waals surface area contributed by atoms with E-state index in [1.165, 1.54) is 9.80 Å². The SMILES string of the molecule is Cc1ccc(N2C(=O)[C@@H]3[C@@H](C2=O)c2ccc(Cl)cc2[C@@H]2C(=O)N(c4ccc(C)cc4)C(=O)[C@]32Cc2ccc(Cl)cc2)cc1. The van der Waals surface area contributed by atoms with E-state index in [0.717, 1.165) is 16.7 Å². The Labute approximate surface area is 258 Å². The first-order valence-corrected chi connectivity index (χ1v) is 14.8. The number of anilines is 2. The highest BCUT2D eigenvalue weighted by Gasteiger charge is 2.73. The van der Waals surface area contributed by atoms with Gasteiger partial charge in [0.1, 0.15) is 0 Å². The lowest BCUT2D eigenvalue weighted by atomic mass is 9.54. The van der Waals surface area contributed by atoms with Gasteiger partial charge in [-0.05, 0) is 85.5 Å². The Balaban J connectivity index is 1.50. The number of aryl methyl sites for hydroxylation is 2. The van der Waals surface area contributed by atoms with Crippen LogP contribution in [0.2, 0.25) is 10.0 Å². The Kier molecular flexibility index (Phi) is 6.35. The van der Waals surface area contributed by atoms with Crippen molar-refractivity contribution in [1.29, 1.82) is 0 Å². The molecule has 2 aliphatic heterocycles. The summed E-state index contributed by atoms with van der Waals surface area (Å²) in [6.45, 7) is 3.84. The summed E-state index contributed by atoms with van der Waals surface area (Å²) in [6.07, 6.45) is 0.0512. The number of carbonyl (C=O) groups is 4. The third-order valence-electron chi connectivity index (χ3n) is 9.13. The molecule has 0 saturated carbocycles. The summed E-state index contributed by atoms with van der Waals surface area (Å²) >= 11 is 12.7. The van der Waals surface area contributed by atoms with E-state index >= 15 is 0 Å². The molecule has 0 aromatic heterocycles. The third kappa shape index (κ3) is 4.00. The Morgan fingerprint density at radius 3 is 1.79 bits per heavy atom. The summed E-state index contributed by atoms with van der Waals surface area (Å²) in [6, 6.07) is 26.3. The first-order chi connectivity index (χ1) is 20.6. The van der Waals surface area contributed by atoms with E-state index in [2.05, 4.69) is 0 Å². The average Bonchev–Trinajstić information content (AvgIpc) is 3.38. The minimum absolute atomic E-state index is 0.0512. The van der Waals surface area contributed by atoms with Crippen molar-refractivity contribution in [2.75, 3.05) is 9.80 Å². The van der Waals surface area contributed by atoms with Crippen LogP contribution >= 0.6 is 23.2 Å². The molecule has 4 amide bonds. The van der Waals surface area contributed by atoms with Crippen LogP contribution in [0.4, 0.5) is 11.4 Å². The lowest BCUT2D eigenvalue weighted by molar-refractivity contribution is -0.138. The highest BCUT2D eigenvalue weighted by Crippen LogP contribution is 2.63. The summed E-state index contributed by atoms with van der Waals surface area (Å²) in [5.41, 5.74) is 2.97. The van der Waals surface area contributed by atoms with Crippen molar-refractivity contribution < 1.29 is 19.2 Å². The van der Waals surface area contributed by atoms with E-state index in [1.807, 2.05) is 38.1 Å². The number of fused-ring (bicyclic) bond motifs is 6. The van der Waals surface area contributed by atoms with Gasteiger partial charge in [0, 0.05) is 10.0 Å². The number of hydrogen-bond donors (Lipinski definition) is 0. The van der Waals surface area contributed by atoms with Crippen molar-refractivity contribution in [2.24, 2.45) is 11.3 Å². The minimum atomic E-state index is -1.59. The molecule has 4 atom stereocenters. The third-order valence-corrected chi connectivity index (χ3v) is 9.62. The van der Waals surface area contributed by atoms with Crippen LogP contribution in [0.25, 0.3) is 0 Å². The Hall–Kier alpha value is -4.26. The van der Waals surface area contributed by atoms with Gasteiger partial charge in [-0.25, -0.2) is 9.80 Å². The van der Waals surface area contributed by atoms with Crippen LogP contribution in [0.15, 0.2) is 91.0 Å². The standard InChI is InChI=1S/C35H26Cl2N2O4/c1-19-3-12-24(13-4-19)38-31(40)28-26-16-11-23(37)17-27(26)29-32(41)39(25-14-5-20(2)6-15-25)34(43)35(29,30(28)33(38)42)18-21-7-9-22(36)10-8-21/h3-17,28-30H,18H2,1-2H3/t28-,29+,30-,35-/m0/s1. The average molecular weight is 610 g/mol. The van der Waals surface area contributed by atoms with Gasteiger partial charge in [0.2, 0.25) is 23.6 Å². The molecule has 43 heavy (non-hydrogen) atoms.